The van der Waals surface area contributed by atoms with Crippen LogP contribution in [0.2, 0.25) is 0 Å². The molecule has 0 aliphatic heterocycles. The van der Waals surface area contributed by atoms with Gasteiger partial charge in [0.15, 0.2) is 0 Å². The summed E-state index contributed by atoms with van der Waals surface area (Å²) < 4.78 is 8.31. The van der Waals surface area contributed by atoms with Crippen LogP contribution in [0.4, 0.5) is 5.00 Å². The van der Waals surface area contributed by atoms with Crippen LogP contribution < -0.4 is 5.32 Å². The Morgan fingerprint density at radius 3 is 2.71 bits per heavy atom. The van der Waals surface area contributed by atoms with Crippen LogP contribution in [-0.4, -0.2) is 23.1 Å². The monoisotopic (exact) mass is 430 g/mol. The lowest BCUT2D eigenvalue weighted by atomic mass is 10.1. The molecular formula is C20H18N2O3S3. The highest BCUT2D eigenvalue weighted by Crippen LogP contribution is 2.38. The van der Waals surface area contributed by atoms with E-state index in [0.717, 1.165) is 20.7 Å². The molecule has 0 radical (unpaired) electrons. The third-order valence-electron chi connectivity index (χ3n) is 4.36. The van der Waals surface area contributed by atoms with Gasteiger partial charge < -0.3 is 14.6 Å². The number of hydrogen-bond donors (Lipinski definition) is 1. The summed E-state index contributed by atoms with van der Waals surface area (Å²) in [6.45, 7) is 4.76. The van der Waals surface area contributed by atoms with Crippen LogP contribution in [-0.2, 0) is 11.3 Å². The topological polar surface area (TPSA) is 60.3 Å². The first kappa shape index (κ1) is 18.9. The summed E-state index contributed by atoms with van der Waals surface area (Å²) in [7, 11) is 0. The van der Waals surface area contributed by atoms with Crippen molar-refractivity contribution in [2.75, 3.05) is 11.9 Å². The number of carbonyl (C=O) groups excluding carboxylic acids is 2. The molecule has 1 N–H and O–H groups in total. The fourth-order valence-electron chi connectivity index (χ4n) is 3.14. The van der Waals surface area contributed by atoms with Gasteiger partial charge in [0, 0.05) is 22.4 Å². The van der Waals surface area contributed by atoms with Crippen LogP contribution in [0.1, 0.15) is 34.7 Å². The number of aryl methyl sites for hydroxylation is 1. The van der Waals surface area contributed by atoms with Crippen molar-refractivity contribution < 1.29 is 14.3 Å². The molecule has 0 atom stereocenters. The van der Waals surface area contributed by atoms with Crippen LogP contribution in [0, 0.1) is 0 Å². The molecule has 0 spiro atoms. The Hall–Kier alpha value is -2.42. The SMILES string of the molecule is CCOC(=O)c1c(-c2cccs2)csc1NC(=O)c1cc2sccc2n1CC. The fraction of sp³-hybridized carbons (Fsp3) is 0.200. The summed E-state index contributed by atoms with van der Waals surface area (Å²) in [5.41, 5.74) is 2.85. The number of hydrogen-bond acceptors (Lipinski definition) is 6. The molecule has 4 aromatic heterocycles. The minimum atomic E-state index is -0.422. The molecular weight excluding hydrogens is 412 g/mol. The zero-order valence-electron chi connectivity index (χ0n) is 15.4. The van der Waals surface area contributed by atoms with Crippen molar-refractivity contribution in [3.8, 4) is 10.4 Å². The number of thiophene rings is 3. The zero-order chi connectivity index (χ0) is 19.7. The fourth-order valence-corrected chi connectivity index (χ4v) is 5.73. The second-order valence-corrected chi connectivity index (χ2v) is 8.72. The maximum absolute atomic E-state index is 13.0. The van der Waals surface area contributed by atoms with Gasteiger partial charge in [-0.3, -0.25) is 4.79 Å². The lowest BCUT2D eigenvalue weighted by molar-refractivity contribution is 0.0529. The molecule has 0 unspecified atom stereocenters. The van der Waals surface area contributed by atoms with Crippen molar-refractivity contribution in [2.45, 2.75) is 20.4 Å². The second kappa shape index (κ2) is 7.90. The lowest BCUT2D eigenvalue weighted by Gasteiger charge is -2.10. The smallest absolute Gasteiger partial charge is 0.341 e. The van der Waals surface area contributed by atoms with Crippen LogP contribution in [0.25, 0.3) is 20.7 Å². The van der Waals surface area contributed by atoms with Crippen molar-refractivity contribution in [1.82, 2.24) is 4.57 Å². The van der Waals surface area contributed by atoms with Gasteiger partial charge in [0.25, 0.3) is 5.91 Å². The summed E-state index contributed by atoms with van der Waals surface area (Å²) >= 11 is 4.50. The molecule has 4 heterocycles. The number of fused-ring (bicyclic) bond motifs is 1. The van der Waals surface area contributed by atoms with Gasteiger partial charge in [-0.1, -0.05) is 6.07 Å². The number of rotatable bonds is 6. The molecule has 5 nitrogen and oxygen atoms in total. The van der Waals surface area contributed by atoms with Crippen LogP contribution in [0.3, 0.4) is 0 Å². The normalized spacial score (nSPS) is 11.1. The maximum atomic E-state index is 13.0. The van der Waals surface area contributed by atoms with E-state index in [2.05, 4.69) is 5.32 Å². The molecule has 1 amide bonds. The van der Waals surface area contributed by atoms with Crippen LogP contribution in [0.5, 0.6) is 0 Å². The predicted octanol–water partition coefficient (Wildman–Crippen LogP) is 5.94. The van der Waals surface area contributed by atoms with Gasteiger partial charge in [-0.2, -0.15) is 0 Å². The number of ether oxygens (including phenoxy) is 1. The van der Waals surface area contributed by atoms with Crippen molar-refractivity contribution in [2.24, 2.45) is 0 Å². The first-order valence-corrected chi connectivity index (χ1v) is 11.5. The minimum Gasteiger partial charge on any atom is -0.462 e. The Morgan fingerprint density at radius 1 is 1.14 bits per heavy atom. The van der Waals surface area contributed by atoms with Crippen LogP contribution >= 0.6 is 34.0 Å². The highest BCUT2D eigenvalue weighted by atomic mass is 32.1. The summed E-state index contributed by atoms with van der Waals surface area (Å²) in [5, 5.41) is 9.33. The standard InChI is InChI=1S/C20H18N2O3S3/c1-3-22-13-7-9-27-16(13)10-14(22)18(23)21-19-17(20(24)25-4-2)12(11-28-19)15-6-5-8-26-15/h5-11H,3-4H2,1-2H3,(H,21,23). The Kier molecular flexibility index (Phi) is 5.34. The van der Waals surface area contributed by atoms with Crippen molar-refractivity contribution in [3.63, 3.8) is 0 Å². The van der Waals surface area contributed by atoms with E-state index in [0.29, 0.717) is 22.8 Å². The summed E-state index contributed by atoms with van der Waals surface area (Å²) in [6.07, 6.45) is 0. The highest BCUT2D eigenvalue weighted by Gasteiger charge is 2.25. The number of nitrogens with one attached hydrogen (secondary N) is 1. The van der Waals surface area contributed by atoms with Gasteiger partial charge in [-0.25, -0.2) is 4.79 Å². The van der Waals surface area contributed by atoms with E-state index < -0.39 is 5.97 Å². The number of nitrogens with zero attached hydrogens (tertiary/aromatic N) is 1. The minimum absolute atomic E-state index is 0.227. The van der Waals surface area contributed by atoms with E-state index in [9.17, 15) is 9.59 Å². The van der Waals surface area contributed by atoms with Crippen molar-refractivity contribution >= 4 is 61.1 Å². The molecule has 144 valence electrons. The highest BCUT2D eigenvalue weighted by molar-refractivity contribution is 7.17. The predicted molar refractivity (Wildman–Crippen MR) is 117 cm³/mol. The first-order chi connectivity index (χ1) is 13.6. The van der Waals surface area contributed by atoms with E-state index in [1.165, 1.54) is 11.3 Å². The van der Waals surface area contributed by atoms with E-state index in [1.54, 1.807) is 29.6 Å². The summed E-state index contributed by atoms with van der Waals surface area (Å²) in [4.78, 5) is 26.6. The lowest BCUT2D eigenvalue weighted by Crippen LogP contribution is -2.18. The van der Waals surface area contributed by atoms with Crippen molar-refractivity contribution in [1.29, 1.82) is 0 Å². The molecule has 4 rings (SSSR count). The van der Waals surface area contributed by atoms with E-state index in [-0.39, 0.29) is 12.5 Å². The van der Waals surface area contributed by atoms with Gasteiger partial charge in [0.05, 0.1) is 16.8 Å². The molecule has 28 heavy (non-hydrogen) atoms. The quantitative estimate of drug-likeness (QED) is 0.385. The number of anilines is 1. The molecule has 0 saturated carbocycles. The third-order valence-corrected chi connectivity index (χ3v) is 7.01. The Labute approximate surface area is 174 Å². The number of amides is 1. The molecule has 0 aliphatic rings. The average Bonchev–Trinajstić information content (AvgIpc) is 3.44. The molecule has 4 aromatic rings. The summed E-state index contributed by atoms with van der Waals surface area (Å²) in [5.74, 6) is -0.648. The van der Waals surface area contributed by atoms with Gasteiger partial charge in [-0.05, 0) is 42.8 Å². The Balaban J connectivity index is 1.71. The maximum Gasteiger partial charge on any atom is 0.341 e. The molecule has 0 aromatic carbocycles. The third kappa shape index (κ3) is 3.28. The number of carbonyl (C=O) groups is 2. The average molecular weight is 431 g/mol. The molecule has 0 saturated heterocycles. The Morgan fingerprint density at radius 2 is 2.00 bits per heavy atom. The summed E-state index contributed by atoms with van der Waals surface area (Å²) in [6, 6.07) is 7.81. The van der Waals surface area contributed by atoms with E-state index in [4.69, 9.17) is 4.74 Å². The van der Waals surface area contributed by atoms with Crippen molar-refractivity contribution in [3.05, 3.63) is 51.7 Å². The van der Waals surface area contributed by atoms with E-state index >= 15 is 0 Å². The molecule has 0 aliphatic carbocycles. The van der Waals surface area contributed by atoms with E-state index in [1.807, 2.05) is 51.9 Å². The van der Waals surface area contributed by atoms with Crippen LogP contribution in [0.15, 0.2) is 40.4 Å². The zero-order valence-corrected chi connectivity index (χ0v) is 17.8. The molecule has 8 heteroatoms. The second-order valence-electron chi connectivity index (χ2n) is 5.95. The Bertz CT molecular complexity index is 1140. The largest absolute Gasteiger partial charge is 0.462 e. The number of aromatic nitrogens is 1. The number of esters is 1. The van der Waals surface area contributed by atoms with Gasteiger partial charge in [-0.15, -0.1) is 34.0 Å². The molecule has 0 fully saturated rings. The van der Waals surface area contributed by atoms with Gasteiger partial charge in [0.1, 0.15) is 16.3 Å². The molecule has 0 bridgehead atoms. The van der Waals surface area contributed by atoms with Gasteiger partial charge >= 0.3 is 5.97 Å². The first-order valence-electron chi connectivity index (χ1n) is 8.84. The van der Waals surface area contributed by atoms with Gasteiger partial charge in [0.2, 0.25) is 0 Å².